The first kappa shape index (κ1) is 17.5. The van der Waals surface area contributed by atoms with E-state index in [0.29, 0.717) is 4.88 Å². The minimum Gasteiger partial charge on any atom is -0.272 e. The molecule has 2 aromatic carbocycles. The standard InChI is InChI=1S/C19H15N3O3S/c23-19(21-20-13-16-11-12-17(26-16)22(24)25)18(14-7-3-1-4-8-14)15-9-5-2-6-10-15/h1-13,18H,(H,21,23)/b20-13-. The van der Waals surface area contributed by atoms with E-state index in [4.69, 9.17) is 0 Å². The highest BCUT2D eigenvalue weighted by Gasteiger charge is 2.22. The number of hydrazone groups is 1. The minimum absolute atomic E-state index is 0.0317. The van der Waals surface area contributed by atoms with Crippen LogP contribution in [-0.2, 0) is 4.79 Å². The number of nitrogens with zero attached hydrogens (tertiary/aromatic N) is 2. The van der Waals surface area contributed by atoms with Gasteiger partial charge >= 0.3 is 5.00 Å². The van der Waals surface area contributed by atoms with Crippen molar-refractivity contribution in [3.63, 3.8) is 0 Å². The summed E-state index contributed by atoms with van der Waals surface area (Å²) in [5, 5.41) is 14.7. The molecule has 1 aromatic heterocycles. The number of nitro groups is 1. The third-order valence-electron chi connectivity index (χ3n) is 3.69. The van der Waals surface area contributed by atoms with E-state index in [9.17, 15) is 14.9 Å². The highest BCUT2D eigenvalue weighted by Crippen LogP contribution is 2.25. The van der Waals surface area contributed by atoms with Crippen molar-refractivity contribution >= 4 is 28.5 Å². The maximum absolute atomic E-state index is 12.7. The van der Waals surface area contributed by atoms with Gasteiger partial charge in [-0.25, -0.2) is 5.43 Å². The van der Waals surface area contributed by atoms with Crippen LogP contribution in [0.15, 0.2) is 77.9 Å². The maximum Gasteiger partial charge on any atom is 0.324 e. The summed E-state index contributed by atoms with van der Waals surface area (Å²) < 4.78 is 0. The van der Waals surface area contributed by atoms with Crippen LogP contribution < -0.4 is 5.43 Å². The van der Waals surface area contributed by atoms with Crippen molar-refractivity contribution in [2.45, 2.75) is 5.92 Å². The van der Waals surface area contributed by atoms with E-state index in [1.54, 1.807) is 6.07 Å². The molecule has 26 heavy (non-hydrogen) atoms. The summed E-state index contributed by atoms with van der Waals surface area (Å²) in [7, 11) is 0. The zero-order valence-corrected chi connectivity index (χ0v) is 14.4. The average molecular weight is 365 g/mol. The van der Waals surface area contributed by atoms with Crippen molar-refractivity contribution in [3.8, 4) is 0 Å². The number of hydrogen-bond donors (Lipinski definition) is 1. The lowest BCUT2D eigenvalue weighted by atomic mass is 9.91. The molecule has 0 aliphatic carbocycles. The average Bonchev–Trinajstić information content (AvgIpc) is 3.13. The predicted molar refractivity (Wildman–Crippen MR) is 101 cm³/mol. The first-order chi connectivity index (χ1) is 12.6. The van der Waals surface area contributed by atoms with Gasteiger partial charge in [0.15, 0.2) is 0 Å². The molecule has 0 saturated carbocycles. The van der Waals surface area contributed by atoms with Gasteiger partial charge in [0, 0.05) is 6.07 Å². The zero-order valence-electron chi connectivity index (χ0n) is 13.6. The largest absolute Gasteiger partial charge is 0.324 e. The summed E-state index contributed by atoms with van der Waals surface area (Å²) >= 11 is 0.994. The van der Waals surface area contributed by atoms with Crippen LogP contribution in [0.4, 0.5) is 5.00 Å². The Hall–Kier alpha value is -3.32. The van der Waals surface area contributed by atoms with Crippen LogP contribution >= 0.6 is 11.3 Å². The number of nitrogens with one attached hydrogen (secondary N) is 1. The van der Waals surface area contributed by atoms with Crippen LogP contribution in [0, 0.1) is 10.1 Å². The molecule has 0 bridgehead atoms. The third kappa shape index (κ3) is 4.20. The quantitative estimate of drug-likeness (QED) is 0.408. The Balaban J connectivity index is 1.77. The Morgan fingerprint density at radius 3 is 2.08 bits per heavy atom. The van der Waals surface area contributed by atoms with Gasteiger partial charge in [0.05, 0.1) is 21.9 Å². The van der Waals surface area contributed by atoms with Crippen molar-refractivity contribution in [2.75, 3.05) is 0 Å². The summed E-state index contributed by atoms with van der Waals surface area (Å²) in [6.45, 7) is 0. The van der Waals surface area contributed by atoms with Crippen LogP contribution in [0.1, 0.15) is 21.9 Å². The molecule has 3 aromatic rings. The molecule has 1 heterocycles. The van der Waals surface area contributed by atoms with E-state index < -0.39 is 10.8 Å². The monoisotopic (exact) mass is 365 g/mol. The van der Waals surface area contributed by atoms with Gasteiger partial charge in [-0.15, -0.1) is 0 Å². The van der Waals surface area contributed by atoms with E-state index in [1.807, 2.05) is 60.7 Å². The number of rotatable bonds is 6. The van der Waals surface area contributed by atoms with Gasteiger partial charge in [0.2, 0.25) is 0 Å². The Morgan fingerprint density at radius 1 is 1.00 bits per heavy atom. The predicted octanol–water partition coefficient (Wildman–Crippen LogP) is 3.94. The Morgan fingerprint density at radius 2 is 1.58 bits per heavy atom. The molecule has 6 nitrogen and oxygen atoms in total. The lowest BCUT2D eigenvalue weighted by Crippen LogP contribution is -2.26. The number of carbonyl (C=O) groups is 1. The van der Waals surface area contributed by atoms with Crippen LogP contribution in [0.3, 0.4) is 0 Å². The molecule has 0 saturated heterocycles. The molecule has 0 aliphatic rings. The number of amides is 1. The van der Waals surface area contributed by atoms with E-state index in [0.717, 1.165) is 22.5 Å². The van der Waals surface area contributed by atoms with Gasteiger partial charge in [0.25, 0.3) is 5.91 Å². The van der Waals surface area contributed by atoms with Gasteiger partial charge in [-0.2, -0.15) is 5.10 Å². The SMILES string of the molecule is O=C(N/N=C\c1ccc([N+](=O)[O-])s1)C(c1ccccc1)c1ccccc1. The van der Waals surface area contributed by atoms with Crippen molar-refractivity contribution in [3.05, 3.63) is 98.9 Å². The lowest BCUT2D eigenvalue weighted by molar-refractivity contribution is -0.380. The topological polar surface area (TPSA) is 84.6 Å². The Labute approximate surface area is 154 Å². The molecule has 0 unspecified atom stereocenters. The molecule has 1 amide bonds. The number of benzene rings is 2. The normalized spacial score (nSPS) is 11.0. The highest BCUT2D eigenvalue weighted by atomic mass is 32.1. The summed E-state index contributed by atoms with van der Waals surface area (Å²) in [4.78, 5) is 23.6. The van der Waals surface area contributed by atoms with Gasteiger partial charge in [-0.05, 0) is 17.2 Å². The molecule has 0 spiro atoms. The Bertz CT molecular complexity index is 884. The van der Waals surface area contributed by atoms with Crippen LogP contribution in [0.2, 0.25) is 0 Å². The molecule has 1 N–H and O–H groups in total. The fourth-order valence-electron chi connectivity index (χ4n) is 2.52. The van der Waals surface area contributed by atoms with Crippen LogP contribution in [-0.4, -0.2) is 17.0 Å². The number of thiophene rings is 1. The van der Waals surface area contributed by atoms with Crippen molar-refractivity contribution in [2.24, 2.45) is 5.10 Å². The number of hydrogen-bond acceptors (Lipinski definition) is 5. The first-order valence-corrected chi connectivity index (χ1v) is 8.64. The molecular formula is C19H15N3O3S. The zero-order chi connectivity index (χ0) is 18.4. The summed E-state index contributed by atoms with van der Waals surface area (Å²) in [5.41, 5.74) is 4.25. The van der Waals surface area contributed by atoms with Crippen molar-refractivity contribution in [1.29, 1.82) is 0 Å². The van der Waals surface area contributed by atoms with Crippen molar-refractivity contribution in [1.82, 2.24) is 5.43 Å². The maximum atomic E-state index is 12.7. The van der Waals surface area contributed by atoms with E-state index in [2.05, 4.69) is 10.5 Å². The lowest BCUT2D eigenvalue weighted by Gasteiger charge is -2.16. The molecular weight excluding hydrogens is 350 g/mol. The van der Waals surface area contributed by atoms with Gasteiger partial charge < -0.3 is 0 Å². The molecule has 7 heteroatoms. The second kappa shape index (κ2) is 8.17. The fraction of sp³-hybridized carbons (Fsp3) is 0.0526. The Kier molecular flexibility index (Phi) is 5.50. The second-order valence-electron chi connectivity index (χ2n) is 5.42. The summed E-state index contributed by atoms with van der Waals surface area (Å²) in [6, 6.07) is 21.9. The van der Waals surface area contributed by atoms with Crippen molar-refractivity contribution < 1.29 is 9.72 Å². The molecule has 0 radical (unpaired) electrons. The first-order valence-electron chi connectivity index (χ1n) is 7.82. The van der Waals surface area contributed by atoms with Gasteiger partial charge in [-0.1, -0.05) is 72.0 Å². The van der Waals surface area contributed by atoms with E-state index in [-0.39, 0.29) is 10.9 Å². The highest BCUT2D eigenvalue weighted by molar-refractivity contribution is 7.16. The molecule has 0 fully saturated rings. The molecule has 3 rings (SSSR count). The van der Waals surface area contributed by atoms with Crippen LogP contribution in [0.25, 0.3) is 0 Å². The second-order valence-corrected chi connectivity index (χ2v) is 6.52. The summed E-state index contributed by atoms with van der Waals surface area (Å²) in [6.07, 6.45) is 1.41. The van der Waals surface area contributed by atoms with Crippen LogP contribution in [0.5, 0.6) is 0 Å². The van der Waals surface area contributed by atoms with E-state index in [1.165, 1.54) is 12.3 Å². The molecule has 0 aliphatic heterocycles. The summed E-state index contributed by atoms with van der Waals surface area (Å²) in [5.74, 6) is -0.767. The fourth-order valence-corrected chi connectivity index (χ4v) is 3.21. The van der Waals surface area contributed by atoms with E-state index >= 15 is 0 Å². The molecule has 130 valence electrons. The third-order valence-corrected chi connectivity index (χ3v) is 4.66. The van der Waals surface area contributed by atoms with Gasteiger partial charge in [0.1, 0.15) is 0 Å². The number of carbonyl (C=O) groups excluding carboxylic acids is 1. The van der Waals surface area contributed by atoms with Gasteiger partial charge in [-0.3, -0.25) is 14.9 Å². The smallest absolute Gasteiger partial charge is 0.272 e. The minimum atomic E-state index is -0.493. The molecule has 0 atom stereocenters.